The van der Waals surface area contributed by atoms with Crippen molar-refractivity contribution in [3.8, 4) is 5.75 Å². The Morgan fingerprint density at radius 1 is 1.44 bits per heavy atom. The van der Waals surface area contributed by atoms with E-state index in [9.17, 15) is 15.0 Å². The maximum atomic E-state index is 10.8. The molecule has 0 aliphatic heterocycles. The lowest BCUT2D eigenvalue weighted by molar-refractivity contribution is -0.125. The summed E-state index contributed by atoms with van der Waals surface area (Å²) in [4.78, 5) is 10.8. The maximum Gasteiger partial charge on any atom is 0.158 e. The minimum atomic E-state index is -0.862. The van der Waals surface area contributed by atoms with Crippen molar-refractivity contribution in [3.05, 3.63) is 18.2 Å². The number of carbonyl (C=O) groups excluding carboxylic acids is 1. The summed E-state index contributed by atoms with van der Waals surface area (Å²) in [7, 11) is 1.74. The first-order valence-corrected chi connectivity index (χ1v) is 5.97. The van der Waals surface area contributed by atoms with E-state index < -0.39 is 6.10 Å². The zero-order valence-electron chi connectivity index (χ0n) is 10.7. The lowest BCUT2D eigenvalue weighted by Gasteiger charge is -2.10. The molecule has 1 unspecified atom stereocenters. The van der Waals surface area contributed by atoms with Crippen LogP contribution in [-0.4, -0.2) is 35.7 Å². The molecular weight excluding hydrogens is 232 g/mol. The first-order chi connectivity index (χ1) is 8.54. The molecule has 0 spiro atoms. The number of phenols is 1. The van der Waals surface area contributed by atoms with Crippen LogP contribution in [0.25, 0.3) is 0 Å². The highest BCUT2D eigenvalue weighted by atomic mass is 16.3. The fourth-order valence-corrected chi connectivity index (χ4v) is 1.58. The van der Waals surface area contributed by atoms with E-state index in [2.05, 4.69) is 10.6 Å². The summed E-state index contributed by atoms with van der Waals surface area (Å²) in [5, 5.41) is 24.9. The SMILES string of the molecule is CNc1cc(NCCCC(O)C(C)=O)ccc1O. The first-order valence-electron chi connectivity index (χ1n) is 5.97. The Balaban J connectivity index is 2.38. The Kier molecular flexibility index (Phi) is 5.45. The number of Topliss-reactive ketones (excluding diaryl/α,β-unsaturated/α-hetero) is 1. The fraction of sp³-hybridized carbons (Fsp3) is 0.462. The van der Waals surface area contributed by atoms with Gasteiger partial charge in [-0.25, -0.2) is 0 Å². The highest BCUT2D eigenvalue weighted by molar-refractivity contribution is 5.80. The molecule has 0 aromatic heterocycles. The van der Waals surface area contributed by atoms with Gasteiger partial charge >= 0.3 is 0 Å². The van der Waals surface area contributed by atoms with E-state index in [1.54, 1.807) is 25.2 Å². The Hall–Kier alpha value is -1.75. The van der Waals surface area contributed by atoms with Crippen LogP contribution in [0.1, 0.15) is 19.8 Å². The third kappa shape index (κ3) is 4.25. The number of benzene rings is 1. The van der Waals surface area contributed by atoms with Crippen LogP contribution in [0, 0.1) is 0 Å². The summed E-state index contributed by atoms with van der Waals surface area (Å²) in [6.07, 6.45) is 0.301. The minimum Gasteiger partial charge on any atom is -0.506 e. The lowest BCUT2D eigenvalue weighted by atomic mass is 10.1. The second-order valence-electron chi connectivity index (χ2n) is 4.18. The summed E-state index contributed by atoms with van der Waals surface area (Å²) in [5.74, 6) is 0.00662. The Morgan fingerprint density at radius 2 is 2.17 bits per heavy atom. The maximum absolute atomic E-state index is 10.8. The van der Waals surface area contributed by atoms with Gasteiger partial charge in [-0.1, -0.05) is 0 Å². The summed E-state index contributed by atoms with van der Waals surface area (Å²) < 4.78 is 0. The Morgan fingerprint density at radius 3 is 2.78 bits per heavy atom. The smallest absolute Gasteiger partial charge is 0.158 e. The molecule has 0 saturated heterocycles. The van der Waals surface area contributed by atoms with Crippen LogP contribution >= 0.6 is 0 Å². The van der Waals surface area contributed by atoms with Crippen LogP contribution in [0.3, 0.4) is 0 Å². The quantitative estimate of drug-likeness (QED) is 0.336. The number of rotatable bonds is 7. The van der Waals surface area contributed by atoms with Crippen molar-refractivity contribution in [2.24, 2.45) is 0 Å². The van der Waals surface area contributed by atoms with Crippen molar-refractivity contribution in [2.75, 3.05) is 24.2 Å². The molecule has 0 fully saturated rings. The molecule has 0 aliphatic carbocycles. The van der Waals surface area contributed by atoms with E-state index in [1.165, 1.54) is 6.92 Å². The lowest BCUT2D eigenvalue weighted by Crippen LogP contribution is -2.18. The minimum absolute atomic E-state index is 0.197. The van der Waals surface area contributed by atoms with Gasteiger partial charge in [0.1, 0.15) is 11.9 Å². The van der Waals surface area contributed by atoms with Crippen LogP contribution in [0.15, 0.2) is 18.2 Å². The fourth-order valence-electron chi connectivity index (χ4n) is 1.58. The second-order valence-corrected chi connectivity index (χ2v) is 4.18. The number of carbonyl (C=O) groups is 1. The molecular formula is C13H20N2O3. The average Bonchev–Trinajstić information content (AvgIpc) is 2.35. The van der Waals surface area contributed by atoms with Crippen LogP contribution in [0.4, 0.5) is 11.4 Å². The van der Waals surface area contributed by atoms with E-state index >= 15 is 0 Å². The summed E-state index contributed by atoms with van der Waals surface area (Å²) in [6.45, 7) is 2.05. The van der Waals surface area contributed by atoms with Crippen LogP contribution in [-0.2, 0) is 4.79 Å². The number of aromatic hydroxyl groups is 1. The molecule has 0 radical (unpaired) electrons. The molecule has 4 N–H and O–H groups in total. The Labute approximate surface area is 107 Å². The van der Waals surface area contributed by atoms with E-state index in [4.69, 9.17) is 0 Å². The van der Waals surface area contributed by atoms with Crippen LogP contribution < -0.4 is 10.6 Å². The number of ketones is 1. The van der Waals surface area contributed by atoms with E-state index in [0.29, 0.717) is 25.1 Å². The first kappa shape index (κ1) is 14.3. The van der Waals surface area contributed by atoms with Crippen molar-refractivity contribution < 1.29 is 15.0 Å². The molecule has 1 aromatic carbocycles. The number of aliphatic hydroxyl groups is 1. The van der Waals surface area contributed by atoms with Gasteiger partial charge in [0.15, 0.2) is 5.78 Å². The van der Waals surface area contributed by atoms with Crippen LogP contribution in [0.2, 0.25) is 0 Å². The standard InChI is InChI=1S/C13H20N2O3/c1-9(16)12(17)4-3-7-15-10-5-6-13(18)11(8-10)14-2/h5-6,8,12,14-15,17-18H,3-4,7H2,1-2H3. The van der Waals surface area contributed by atoms with Gasteiger partial charge in [0.25, 0.3) is 0 Å². The average molecular weight is 252 g/mol. The van der Waals surface area contributed by atoms with E-state index in [1.807, 2.05) is 0 Å². The Bertz CT molecular complexity index is 407. The molecule has 5 heteroatoms. The zero-order chi connectivity index (χ0) is 13.5. The topological polar surface area (TPSA) is 81.6 Å². The molecule has 5 nitrogen and oxygen atoms in total. The van der Waals surface area contributed by atoms with Crippen molar-refractivity contribution >= 4 is 17.2 Å². The highest BCUT2D eigenvalue weighted by Crippen LogP contribution is 2.25. The number of anilines is 2. The van der Waals surface area contributed by atoms with Crippen molar-refractivity contribution in [1.29, 1.82) is 0 Å². The van der Waals surface area contributed by atoms with Crippen molar-refractivity contribution in [1.82, 2.24) is 0 Å². The van der Waals surface area contributed by atoms with Gasteiger partial charge in [-0.15, -0.1) is 0 Å². The van der Waals surface area contributed by atoms with E-state index in [0.717, 1.165) is 5.69 Å². The summed E-state index contributed by atoms with van der Waals surface area (Å²) in [5.41, 5.74) is 1.54. The molecule has 100 valence electrons. The predicted molar refractivity (Wildman–Crippen MR) is 72.1 cm³/mol. The summed E-state index contributed by atoms with van der Waals surface area (Å²) in [6, 6.07) is 5.19. The third-order valence-electron chi connectivity index (χ3n) is 2.72. The number of phenolic OH excluding ortho intramolecular Hbond substituents is 1. The highest BCUT2D eigenvalue weighted by Gasteiger charge is 2.08. The number of hydrogen-bond acceptors (Lipinski definition) is 5. The molecule has 0 aliphatic rings. The molecule has 0 amide bonds. The number of hydrogen-bond donors (Lipinski definition) is 4. The van der Waals surface area contributed by atoms with E-state index in [-0.39, 0.29) is 11.5 Å². The summed E-state index contributed by atoms with van der Waals surface area (Å²) >= 11 is 0. The monoisotopic (exact) mass is 252 g/mol. The number of nitrogens with one attached hydrogen (secondary N) is 2. The van der Waals surface area contributed by atoms with Gasteiger partial charge in [-0.3, -0.25) is 4.79 Å². The molecule has 18 heavy (non-hydrogen) atoms. The van der Waals surface area contributed by atoms with Gasteiger partial charge in [0.05, 0.1) is 5.69 Å². The third-order valence-corrected chi connectivity index (χ3v) is 2.72. The van der Waals surface area contributed by atoms with Crippen molar-refractivity contribution in [2.45, 2.75) is 25.9 Å². The van der Waals surface area contributed by atoms with Gasteiger partial charge in [0, 0.05) is 19.3 Å². The largest absolute Gasteiger partial charge is 0.506 e. The second kappa shape index (κ2) is 6.86. The normalized spacial score (nSPS) is 11.9. The molecule has 1 rings (SSSR count). The van der Waals surface area contributed by atoms with Crippen LogP contribution in [0.5, 0.6) is 5.75 Å². The van der Waals surface area contributed by atoms with Gasteiger partial charge in [0.2, 0.25) is 0 Å². The van der Waals surface area contributed by atoms with Crippen molar-refractivity contribution in [3.63, 3.8) is 0 Å². The molecule has 0 bridgehead atoms. The molecule has 1 atom stereocenters. The predicted octanol–water partition coefficient (Wildman–Crippen LogP) is 1.58. The van der Waals surface area contributed by atoms with Gasteiger partial charge < -0.3 is 20.8 Å². The van der Waals surface area contributed by atoms with Gasteiger partial charge in [-0.05, 0) is 38.0 Å². The molecule has 0 heterocycles. The van der Waals surface area contributed by atoms with Gasteiger partial charge in [-0.2, -0.15) is 0 Å². The molecule has 1 aromatic rings. The zero-order valence-corrected chi connectivity index (χ0v) is 10.7. The number of aliphatic hydroxyl groups excluding tert-OH is 1. The molecule has 0 saturated carbocycles.